The molecule has 0 aromatic heterocycles. The van der Waals surface area contributed by atoms with E-state index in [4.69, 9.17) is 0 Å². The van der Waals surface area contributed by atoms with E-state index in [2.05, 4.69) is 17.6 Å². The third-order valence-corrected chi connectivity index (χ3v) is 5.74. The van der Waals surface area contributed by atoms with Crippen molar-refractivity contribution in [2.24, 2.45) is 5.92 Å². The van der Waals surface area contributed by atoms with Gasteiger partial charge in [-0.3, -0.25) is 4.79 Å². The van der Waals surface area contributed by atoms with Crippen molar-refractivity contribution < 1.29 is 9.59 Å². The minimum absolute atomic E-state index is 0.0389. The van der Waals surface area contributed by atoms with Gasteiger partial charge in [-0.1, -0.05) is 44.4 Å². The van der Waals surface area contributed by atoms with E-state index in [-0.39, 0.29) is 23.9 Å². The molecule has 0 radical (unpaired) electrons. The molecule has 1 saturated carbocycles. The van der Waals surface area contributed by atoms with Gasteiger partial charge >= 0.3 is 6.03 Å². The van der Waals surface area contributed by atoms with Gasteiger partial charge in [0.1, 0.15) is 0 Å². The van der Waals surface area contributed by atoms with Crippen LogP contribution in [-0.4, -0.2) is 36.0 Å². The molecule has 0 atom stereocenters. The standard InChI is InChI=1S/C21H31N3O2/c1-2-16-8-6-7-11-19(16)23-21(26)24-14-12-18(13-15-24)22-20(25)17-9-4-3-5-10-17/h6-8,11,17-18H,2-5,9-10,12-15H2,1H3,(H,22,25)(H,23,26). The first-order chi connectivity index (χ1) is 12.7. The van der Waals surface area contributed by atoms with E-state index in [0.29, 0.717) is 13.1 Å². The molecule has 3 rings (SSSR count). The van der Waals surface area contributed by atoms with Crippen molar-refractivity contribution >= 4 is 17.6 Å². The molecule has 2 fully saturated rings. The Bertz CT molecular complexity index is 617. The number of benzene rings is 1. The van der Waals surface area contributed by atoms with Crippen LogP contribution in [-0.2, 0) is 11.2 Å². The van der Waals surface area contributed by atoms with Gasteiger partial charge in [0, 0.05) is 30.7 Å². The van der Waals surface area contributed by atoms with Crippen molar-refractivity contribution in [3.8, 4) is 0 Å². The molecule has 142 valence electrons. The number of carbonyl (C=O) groups is 2. The maximum absolute atomic E-state index is 12.5. The summed E-state index contributed by atoms with van der Waals surface area (Å²) in [5.41, 5.74) is 2.04. The number of hydrogen-bond acceptors (Lipinski definition) is 2. The van der Waals surface area contributed by atoms with E-state index in [1.165, 1.54) is 19.3 Å². The smallest absolute Gasteiger partial charge is 0.321 e. The second-order valence-corrected chi connectivity index (χ2v) is 7.55. The first kappa shape index (κ1) is 18.7. The lowest BCUT2D eigenvalue weighted by molar-refractivity contribution is -0.126. The number of likely N-dealkylation sites (tertiary alicyclic amines) is 1. The molecule has 2 N–H and O–H groups in total. The number of para-hydroxylation sites is 1. The highest BCUT2D eigenvalue weighted by atomic mass is 16.2. The van der Waals surface area contributed by atoms with Gasteiger partial charge < -0.3 is 15.5 Å². The lowest BCUT2D eigenvalue weighted by Gasteiger charge is -2.33. The highest BCUT2D eigenvalue weighted by Gasteiger charge is 2.27. The van der Waals surface area contributed by atoms with Crippen molar-refractivity contribution in [2.45, 2.75) is 64.3 Å². The van der Waals surface area contributed by atoms with Gasteiger partial charge in [-0.25, -0.2) is 4.79 Å². The van der Waals surface area contributed by atoms with Gasteiger partial charge in [-0.05, 0) is 43.7 Å². The zero-order valence-electron chi connectivity index (χ0n) is 15.8. The van der Waals surface area contributed by atoms with Crippen LogP contribution in [0, 0.1) is 5.92 Å². The Kier molecular flexibility index (Phi) is 6.53. The topological polar surface area (TPSA) is 61.4 Å². The zero-order valence-corrected chi connectivity index (χ0v) is 15.8. The summed E-state index contributed by atoms with van der Waals surface area (Å²) in [6.07, 6.45) is 8.24. The highest BCUT2D eigenvalue weighted by molar-refractivity contribution is 5.90. The van der Waals surface area contributed by atoms with Crippen LogP contribution in [0.3, 0.4) is 0 Å². The minimum atomic E-state index is -0.0389. The molecule has 5 heteroatoms. The molecule has 1 aliphatic carbocycles. The number of nitrogens with zero attached hydrogens (tertiary/aromatic N) is 1. The van der Waals surface area contributed by atoms with Crippen LogP contribution < -0.4 is 10.6 Å². The summed E-state index contributed by atoms with van der Waals surface area (Å²) < 4.78 is 0. The first-order valence-corrected chi connectivity index (χ1v) is 10.1. The van der Waals surface area contributed by atoms with E-state index in [1.54, 1.807) is 0 Å². The molecule has 1 saturated heterocycles. The molecule has 2 aliphatic rings. The fraction of sp³-hybridized carbons (Fsp3) is 0.619. The zero-order chi connectivity index (χ0) is 18.4. The van der Waals surface area contributed by atoms with Gasteiger partial charge in [0.2, 0.25) is 5.91 Å². The van der Waals surface area contributed by atoms with Crippen LogP contribution >= 0.6 is 0 Å². The number of anilines is 1. The molecule has 1 aliphatic heterocycles. The Balaban J connectivity index is 1.45. The summed E-state index contributed by atoms with van der Waals surface area (Å²) in [6, 6.07) is 8.10. The van der Waals surface area contributed by atoms with E-state index < -0.39 is 0 Å². The molecular weight excluding hydrogens is 326 g/mol. The molecular formula is C21H31N3O2. The maximum atomic E-state index is 12.5. The third-order valence-electron chi connectivity index (χ3n) is 5.74. The Morgan fingerprint density at radius 1 is 1.04 bits per heavy atom. The number of rotatable bonds is 4. The first-order valence-electron chi connectivity index (χ1n) is 10.1. The van der Waals surface area contributed by atoms with Crippen molar-refractivity contribution in [3.05, 3.63) is 29.8 Å². The predicted molar refractivity (Wildman–Crippen MR) is 104 cm³/mol. The van der Waals surface area contributed by atoms with E-state index in [0.717, 1.165) is 43.4 Å². The summed E-state index contributed by atoms with van der Waals surface area (Å²) in [5, 5.41) is 6.26. The van der Waals surface area contributed by atoms with E-state index >= 15 is 0 Å². The van der Waals surface area contributed by atoms with Gasteiger partial charge in [0.05, 0.1) is 0 Å². The summed E-state index contributed by atoms with van der Waals surface area (Å²) in [6.45, 7) is 3.47. The molecule has 1 aromatic carbocycles. The normalized spacial score (nSPS) is 19.2. The van der Waals surface area contributed by atoms with Gasteiger partial charge in [0.15, 0.2) is 0 Å². The molecule has 1 aromatic rings. The van der Waals surface area contributed by atoms with Crippen LogP contribution in [0.2, 0.25) is 0 Å². The molecule has 5 nitrogen and oxygen atoms in total. The van der Waals surface area contributed by atoms with Gasteiger partial charge in [-0.2, -0.15) is 0 Å². The number of amides is 3. The van der Waals surface area contributed by atoms with Crippen LogP contribution in [0.5, 0.6) is 0 Å². The van der Waals surface area contributed by atoms with Crippen molar-refractivity contribution in [1.82, 2.24) is 10.2 Å². The number of aryl methyl sites for hydroxylation is 1. The van der Waals surface area contributed by atoms with Crippen molar-refractivity contribution in [3.63, 3.8) is 0 Å². The quantitative estimate of drug-likeness (QED) is 0.857. The van der Waals surface area contributed by atoms with E-state index in [9.17, 15) is 9.59 Å². The maximum Gasteiger partial charge on any atom is 0.321 e. The minimum Gasteiger partial charge on any atom is -0.353 e. The third kappa shape index (κ3) is 4.77. The van der Waals surface area contributed by atoms with E-state index in [1.807, 2.05) is 29.2 Å². The molecule has 0 unspecified atom stereocenters. The van der Waals surface area contributed by atoms with Crippen LogP contribution in [0.1, 0.15) is 57.4 Å². The van der Waals surface area contributed by atoms with Crippen molar-refractivity contribution in [2.75, 3.05) is 18.4 Å². The Morgan fingerprint density at radius 2 is 1.73 bits per heavy atom. The lowest BCUT2D eigenvalue weighted by atomic mass is 9.88. The fourth-order valence-electron chi connectivity index (χ4n) is 4.06. The van der Waals surface area contributed by atoms with Crippen LogP contribution in [0.15, 0.2) is 24.3 Å². The highest BCUT2D eigenvalue weighted by Crippen LogP contribution is 2.24. The van der Waals surface area contributed by atoms with Crippen LogP contribution in [0.25, 0.3) is 0 Å². The van der Waals surface area contributed by atoms with Crippen molar-refractivity contribution in [1.29, 1.82) is 0 Å². The predicted octanol–water partition coefficient (Wildman–Crippen LogP) is 3.94. The number of hydrogen-bond donors (Lipinski definition) is 2. The number of carbonyl (C=O) groups excluding carboxylic acids is 2. The molecule has 3 amide bonds. The Labute approximate surface area is 156 Å². The summed E-state index contributed by atoms with van der Waals surface area (Å²) in [5.74, 6) is 0.431. The number of piperidine rings is 1. The van der Waals surface area contributed by atoms with Gasteiger partial charge in [0.25, 0.3) is 0 Å². The molecule has 0 bridgehead atoms. The average Bonchev–Trinajstić information content (AvgIpc) is 2.69. The molecule has 0 spiro atoms. The summed E-state index contributed by atoms with van der Waals surface area (Å²) in [4.78, 5) is 26.8. The fourth-order valence-corrected chi connectivity index (χ4v) is 4.06. The number of nitrogens with one attached hydrogen (secondary N) is 2. The second-order valence-electron chi connectivity index (χ2n) is 7.55. The molecule has 1 heterocycles. The Hall–Kier alpha value is -2.04. The largest absolute Gasteiger partial charge is 0.353 e. The summed E-state index contributed by atoms with van der Waals surface area (Å²) >= 11 is 0. The SMILES string of the molecule is CCc1ccccc1NC(=O)N1CCC(NC(=O)C2CCCCC2)CC1. The second kappa shape index (κ2) is 9.06. The number of urea groups is 1. The average molecular weight is 357 g/mol. The Morgan fingerprint density at radius 3 is 2.42 bits per heavy atom. The molecule has 26 heavy (non-hydrogen) atoms. The van der Waals surface area contributed by atoms with Gasteiger partial charge in [-0.15, -0.1) is 0 Å². The monoisotopic (exact) mass is 357 g/mol. The summed E-state index contributed by atoms with van der Waals surface area (Å²) in [7, 11) is 0. The lowest BCUT2D eigenvalue weighted by Crippen LogP contribution is -2.49. The van der Waals surface area contributed by atoms with Crippen LogP contribution in [0.4, 0.5) is 10.5 Å².